The number of methoxy groups -OCH3 is 2. The van der Waals surface area contributed by atoms with Gasteiger partial charge < -0.3 is 57.9 Å². The number of rotatable bonds is 17. The highest BCUT2D eigenvalue weighted by molar-refractivity contribution is 8.13. The first kappa shape index (κ1) is 64.5. The van der Waals surface area contributed by atoms with Gasteiger partial charge in [-0.2, -0.15) is 11.8 Å². The van der Waals surface area contributed by atoms with E-state index in [2.05, 4.69) is 10.6 Å². The molecule has 2 fully saturated rings. The number of nitrogens with one attached hydrogen (secondary N) is 2. The molecule has 4 bridgehead atoms. The highest BCUT2D eigenvalue weighted by Gasteiger charge is 2.64. The van der Waals surface area contributed by atoms with Crippen LogP contribution < -0.4 is 20.3 Å². The van der Waals surface area contributed by atoms with Crippen molar-refractivity contribution in [1.82, 2.24) is 25.3 Å². The summed E-state index contributed by atoms with van der Waals surface area (Å²) in [4.78, 5) is 110. The molecular formula is C54H77ClN6O16S2. The summed E-state index contributed by atoms with van der Waals surface area (Å²) >= 11 is 9.03. The summed E-state index contributed by atoms with van der Waals surface area (Å²) in [6.45, 7) is 6.93. The van der Waals surface area contributed by atoms with Crippen LogP contribution in [-0.2, 0) is 58.8 Å². The molecule has 10 atom stereocenters. The van der Waals surface area contributed by atoms with Crippen LogP contribution in [0, 0.1) is 5.92 Å². The van der Waals surface area contributed by atoms with Gasteiger partial charge in [-0.3, -0.25) is 34.6 Å². The lowest BCUT2D eigenvalue weighted by Crippen LogP contribution is -2.63. The highest BCUT2D eigenvalue weighted by atomic mass is 35.5. The number of hydrogen-bond acceptors (Lipinski definition) is 18. The number of benzene rings is 1. The number of carbonyl (C=O) groups is 8. The van der Waals surface area contributed by atoms with Crippen molar-refractivity contribution in [1.29, 1.82) is 0 Å². The van der Waals surface area contributed by atoms with Crippen molar-refractivity contribution in [2.24, 2.45) is 5.92 Å². The van der Waals surface area contributed by atoms with Crippen LogP contribution in [0.5, 0.6) is 5.75 Å². The number of carbonyl (C=O) groups excluding carboxylic acids is 8. The number of anilines is 1. The summed E-state index contributed by atoms with van der Waals surface area (Å²) in [6.07, 6.45) is 6.66. The molecule has 2 saturated heterocycles. The van der Waals surface area contributed by atoms with Gasteiger partial charge in [0.25, 0.3) is 11.1 Å². The molecule has 1 aliphatic carbocycles. The topological polar surface area (TPSA) is 262 Å². The van der Waals surface area contributed by atoms with Gasteiger partial charge in [0.05, 0.1) is 37.2 Å². The molecule has 1 aromatic carbocycles. The molecule has 4 aliphatic rings. The molecule has 0 spiro atoms. The third-order valence-corrected chi connectivity index (χ3v) is 16.4. The zero-order valence-corrected chi connectivity index (χ0v) is 49.3. The van der Waals surface area contributed by atoms with E-state index in [0.29, 0.717) is 43.5 Å². The van der Waals surface area contributed by atoms with Crippen molar-refractivity contribution >= 4 is 87.8 Å². The average molecular weight is 1170 g/mol. The van der Waals surface area contributed by atoms with Crippen LogP contribution in [0.3, 0.4) is 0 Å². The summed E-state index contributed by atoms with van der Waals surface area (Å²) in [5.74, 6) is -2.68. The molecule has 3 heterocycles. The molecular weight excluding hydrogens is 1090 g/mol. The van der Waals surface area contributed by atoms with Gasteiger partial charge in [-0.25, -0.2) is 14.4 Å². The van der Waals surface area contributed by atoms with E-state index in [4.69, 9.17) is 44.8 Å². The third kappa shape index (κ3) is 17.8. The number of esters is 1. The molecule has 25 heteroatoms. The zero-order chi connectivity index (χ0) is 58.4. The Kier molecular flexibility index (Phi) is 24.0. The average Bonchev–Trinajstić information content (AvgIpc) is 4.13. The van der Waals surface area contributed by atoms with Gasteiger partial charge in [0.15, 0.2) is 5.72 Å². The van der Waals surface area contributed by atoms with E-state index in [9.17, 15) is 43.5 Å². The first-order valence-corrected chi connectivity index (χ1v) is 28.8. The Labute approximate surface area is 475 Å². The fourth-order valence-corrected chi connectivity index (χ4v) is 10.8. The molecule has 79 heavy (non-hydrogen) atoms. The number of imide groups is 1. The quantitative estimate of drug-likeness (QED) is 0.0737. The van der Waals surface area contributed by atoms with Gasteiger partial charge in [-0.1, -0.05) is 60.2 Å². The minimum Gasteiger partial charge on any atom is -0.495 e. The van der Waals surface area contributed by atoms with Crippen molar-refractivity contribution in [3.63, 3.8) is 0 Å². The number of hydrogen-bond donors (Lipinski definition) is 3. The SMILES string of the molecule is COc1cc2cc(c1Cl)N(C)C(=O)C[C@H](OC(=O)[C@H](C)N(C)C(=O)CCSC(=O)N(C)CCN(C)C(=O)OC1/C=C/CC(OCC(=O)NC(=O)CSC)CCC1)[C@]1(C)O[C@H]1[C@H](C)[C@@H]1C[C@@](O)(NC(=O)O1)[C@H](OC)/C=C/C=C(\C)C2. The number of nitrogens with zero attached hydrogens (tertiary/aromatic N) is 4. The minimum absolute atomic E-state index is 0.0775. The molecule has 3 N–H and O–H groups in total. The molecule has 0 aromatic heterocycles. The lowest BCUT2D eigenvalue weighted by atomic mass is 9.83. The Morgan fingerprint density at radius 2 is 1.76 bits per heavy atom. The standard InChI is InChI=1S/C54H77ClN6O16S2/c1-32-15-12-20-41(72-10)54(70)29-40(75-50(67)57-54)33(2)48-53(4,77-48)42(28-46(65)61(8)38-26-35(25-32)27-39(71-9)47(38)55)76-49(66)34(3)60(7)45(64)21-24-79-52(69)59(6)23-22-58(5)51(68)74-37-18-13-16-36(17-14-19-37)73-30-43(62)56-44(63)31-78-11/h12-13,15,18,20,26-27,33-34,36-37,40-42,48,70H,14,16-17,19,21-25,28-31H2,1-11H3,(H,57,67)(H,56,62,63)/b18-13+,20-12+,32-15+/t33-,34+,36?,37?,40+,41-,42+,48+,53+,54+/m1/s1. The summed E-state index contributed by atoms with van der Waals surface area (Å²) in [5, 5.41) is 16.5. The van der Waals surface area contributed by atoms with Crippen LogP contribution in [0.4, 0.5) is 20.1 Å². The second kappa shape index (κ2) is 29.4. The van der Waals surface area contributed by atoms with Crippen LogP contribution in [-0.4, -0.2) is 201 Å². The van der Waals surface area contributed by atoms with Crippen LogP contribution in [0.25, 0.3) is 0 Å². The lowest BCUT2D eigenvalue weighted by molar-refractivity contribution is -0.162. The van der Waals surface area contributed by atoms with Crippen LogP contribution in [0.15, 0.2) is 48.1 Å². The Morgan fingerprint density at radius 3 is 2.46 bits per heavy atom. The maximum atomic E-state index is 14.4. The monoisotopic (exact) mass is 1160 g/mol. The van der Waals surface area contributed by atoms with E-state index < -0.39 is 96.1 Å². The predicted octanol–water partition coefficient (Wildman–Crippen LogP) is 5.65. The van der Waals surface area contributed by atoms with Crippen molar-refractivity contribution in [3.8, 4) is 5.75 Å². The number of allylic oxidation sites excluding steroid dienone is 3. The predicted molar refractivity (Wildman–Crippen MR) is 298 cm³/mol. The van der Waals surface area contributed by atoms with Crippen molar-refractivity contribution in [3.05, 3.63) is 58.7 Å². The normalized spacial score (nSPS) is 28.0. The van der Waals surface area contributed by atoms with Crippen molar-refractivity contribution in [2.75, 3.05) is 84.8 Å². The number of amides is 7. The fraction of sp³-hybridized carbons (Fsp3) is 0.630. The fourth-order valence-electron chi connectivity index (χ4n) is 9.38. The second-order valence-corrected chi connectivity index (χ2v) is 22.8. The zero-order valence-electron chi connectivity index (χ0n) is 46.9. The van der Waals surface area contributed by atoms with Gasteiger partial charge in [0.1, 0.15) is 53.4 Å². The van der Waals surface area contributed by atoms with E-state index >= 15 is 0 Å². The third-order valence-electron chi connectivity index (χ3n) is 14.5. The molecule has 22 nitrogen and oxygen atoms in total. The smallest absolute Gasteiger partial charge is 0.410 e. The first-order valence-electron chi connectivity index (χ1n) is 26.1. The van der Waals surface area contributed by atoms with Gasteiger partial charge in [-0.15, -0.1) is 0 Å². The molecule has 0 radical (unpaired) electrons. The molecule has 3 aliphatic heterocycles. The second-order valence-electron chi connectivity index (χ2n) is 20.5. The van der Waals surface area contributed by atoms with Gasteiger partial charge in [0, 0.05) is 72.9 Å². The van der Waals surface area contributed by atoms with E-state index in [1.165, 1.54) is 59.6 Å². The number of aliphatic hydroxyl groups is 1. The van der Waals surface area contributed by atoms with E-state index in [1.807, 2.05) is 19.1 Å². The number of likely N-dealkylation sites (N-methyl/N-ethyl adjacent to an activating group) is 3. The largest absolute Gasteiger partial charge is 0.495 e. The molecule has 7 amide bonds. The molecule has 438 valence electrons. The summed E-state index contributed by atoms with van der Waals surface area (Å²) < 4.78 is 40.8. The Balaban J connectivity index is 1.17. The van der Waals surface area contributed by atoms with E-state index in [-0.39, 0.29) is 66.3 Å². The number of ether oxygens (including phenoxy) is 7. The summed E-state index contributed by atoms with van der Waals surface area (Å²) in [5.41, 5.74) is -1.21. The van der Waals surface area contributed by atoms with Gasteiger partial charge in [-0.05, 0) is 82.9 Å². The Bertz CT molecular complexity index is 2480. The Morgan fingerprint density at radius 1 is 1.04 bits per heavy atom. The van der Waals surface area contributed by atoms with Crippen LogP contribution >= 0.6 is 35.1 Å². The number of epoxide rings is 1. The molecule has 0 saturated carbocycles. The number of thioether (sulfide) groups is 2. The van der Waals surface area contributed by atoms with E-state index in [1.54, 1.807) is 71.6 Å². The number of fused-ring (bicyclic) bond motifs is 5. The maximum absolute atomic E-state index is 14.4. The molecule has 1 aromatic rings. The highest BCUT2D eigenvalue weighted by Crippen LogP contribution is 2.49. The van der Waals surface area contributed by atoms with Crippen LogP contribution in [0.1, 0.15) is 78.2 Å². The van der Waals surface area contributed by atoms with Gasteiger partial charge >= 0.3 is 18.2 Å². The lowest BCUT2D eigenvalue weighted by Gasteiger charge is -2.42. The van der Waals surface area contributed by atoms with E-state index in [0.717, 1.165) is 22.9 Å². The van der Waals surface area contributed by atoms with Crippen molar-refractivity contribution < 1.29 is 76.6 Å². The maximum Gasteiger partial charge on any atom is 0.410 e. The van der Waals surface area contributed by atoms with Gasteiger partial charge in [0.2, 0.25) is 17.7 Å². The first-order chi connectivity index (χ1) is 37.3. The minimum atomic E-state index is -1.89. The van der Waals surface area contributed by atoms with Crippen LogP contribution in [0.2, 0.25) is 5.02 Å². The number of halogens is 1. The Hall–Kier alpha value is -5.37. The molecule has 2 unspecified atom stereocenters. The molecule has 5 rings (SSSR count). The summed E-state index contributed by atoms with van der Waals surface area (Å²) in [6, 6.07) is 2.37. The number of alkyl carbamates (subject to hydrolysis) is 1. The van der Waals surface area contributed by atoms with Crippen molar-refractivity contribution in [2.45, 2.75) is 133 Å². The summed E-state index contributed by atoms with van der Waals surface area (Å²) in [7, 11) is 8.99.